The molecule has 0 saturated heterocycles. The van der Waals surface area contributed by atoms with Gasteiger partial charge in [0.25, 0.3) is 0 Å². The molecule has 1 atom stereocenters. The highest BCUT2D eigenvalue weighted by Crippen LogP contribution is 2.36. The van der Waals surface area contributed by atoms with Crippen LogP contribution in [0.3, 0.4) is 0 Å². The fourth-order valence-corrected chi connectivity index (χ4v) is 3.27. The van der Waals surface area contributed by atoms with Gasteiger partial charge >= 0.3 is 0 Å². The van der Waals surface area contributed by atoms with Crippen LogP contribution in [0.15, 0.2) is 36.7 Å². The first-order chi connectivity index (χ1) is 11.9. The van der Waals surface area contributed by atoms with Gasteiger partial charge in [0, 0.05) is 17.4 Å². The van der Waals surface area contributed by atoms with Crippen LogP contribution in [0, 0.1) is 12.8 Å². The molecule has 130 valence electrons. The molecular weight excluding hydrogens is 338 g/mol. The van der Waals surface area contributed by atoms with Gasteiger partial charge < -0.3 is 5.32 Å². The van der Waals surface area contributed by atoms with Crippen molar-refractivity contribution in [2.24, 2.45) is 5.92 Å². The smallest absolute Gasteiger partial charge is 0.247 e. The van der Waals surface area contributed by atoms with Crippen LogP contribution in [0.4, 0.5) is 11.4 Å². The largest absolute Gasteiger partial charge is 0.322 e. The van der Waals surface area contributed by atoms with Crippen LogP contribution in [-0.4, -0.2) is 22.8 Å². The molecular formula is C19H20ClN3O2. The van der Waals surface area contributed by atoms with E-state index in [-0.39, 0.29) is 24.2 Å². The minimum Gasteiger partial charge on any atom is -0.322 e. The van der Waals surface area contributed by atoms with Crippen LogP contribution >= 0.6 is 11.6 Å². The van der Waals surface area contributed by atoms with Gasteiger partial charge in [0.1, 0.15) is 6.04 Å². The van der Waals surface area contributed by atoms with Crippen LogP contribution in [-0.2, 0) is 16.0 Å². The zero-order valence-corrected chi connectivity index (χ0v) is 15.2. The summed E-state index contributed by atoms with van der Waals surface area (Å²) >= 11 is 6.14. The van der Waals surface area contributed by atoms with Crippen LogP contribution in [0.2, 0.25) is 5.02 Å². The third-order valence-electron chi connectivity index (χ3n) is 4.41. The Morgan fingerprint density at radius 1 is 1.36 bits per heavy atom. The number of amides is 2. The topological polar surface area (TPSA) is 62.3 Å². The van der Waals surface area contributed by atoms with Crippen molar-refractivity contribution in [1.29, 1.82) is 0 Å². The van der Waals surface area contributed by atoms with Gasteiger partial charge in [0.15, 0.2) is 0 Å². The summed E-state index contributed by atoms with van der Waals surface area (Å²) in [6.07, 6.45) is 3.58. The summed E-state index contributed by atoms with van der Waals surface area (Å²) in [6.45, 7) is 5.79. The van der Waals surface area contributed by atoms with Crippen molar-refractivity contribution in [2.75, 3.05) is 10.2 Å². The number of hydrogen-bond acceptors (Lipinski definition) is 3. The predicted molar refractivity (Wildman–Crippen MR) is 98.9 cm³/mol. The van der Waals surface area contributed by atoms with Gasteiger partial charge in [0.2, 0.25) is 11.8 Å². The Balaban J connectivity index is 2.03. The number of nitrogens with one attached hydrogen (secondary N) is 1. The Kier molecular flexibility index (Phi) is 4.77. The van der Waals surface area contributed by atoms with Crippen LogP contribution < -0.4 is 10.2 Å². The van der Waals surface area contributed by atoms with Gasteiger partial charge in [-0.25, -0.2) is 0 Å². The summed E-state index contributed by atoms with van der Waals surface area (Å²) in [7, 11) is 0. The number of carbonyl (C=O) groups is 2. The van der Waals surface area contributed by atoms with E-state index in [0.29, 0.717) is 16.4 Å². The first kappa shape index (κ1) is 17.4. The van der Waals surface area contributed by atoms with E-state index in [1.807, 2.05) is 26.8 Å². The molecule has 2 heterocycles. The number of carbonyl (C=O) groups excluding carboxylic acids is 2. The summed E-state index contributed by atoms with van der Waals surface area (Å²) in [5.41, 5.74) is 3.08. The molecule has 6 heteroatoms. The molecule has 1 aromatic heterocycles. The van der Waals surface area contributed by atoms with Crippen LogP contribution in [0.25, 0.3) is 0 Å². The Morgan fingerprint density at radius 2 is 2.12 bits per heavy atom. The van der Waals surface area contributed by atoms with Gasteiger partial charge in [-0.3, -0.25) is 19.5 Å². The van der Waals surface area contributed by atoms with Crippen molar-refractivity contribution >= 4 is 34.8 Å². The number of pyridine rings is 1. The Labute approximate surface area is 152 Å². The highest BCUT2D eigenvalue weighted by Gasteiger charge is 2.38. The lowest BCUT2D eigenvalue weighted by Gasteiger charge is -2.38. The normalized spacial score (nSPS) is 16.6. The molecule has 1 aliphatic heterocycles. The lowest BCUT2D eigenvalue weighted by molar-refractivity contribution is -0.124. The third kappa shape index (κ3) is 3.37. The maximum absolute atomic E-state index is 13.1. The van der Waals surface area contributed by atoms with Gasteiger partial charge in [0.05, 0.1) is 17.8 Å². The number of anilines is 2. The summed E-state index contributed by atoms with van der Waals surface area (Å²) in [5.74, 6) is -0.361. The fourth-order valence-electron chi connectivity index (χ4n) is 3.10. The van der Waals surface area contributed by atoms with Gasteiger partial charge in [-0.15, -0.1) is 0 Å². The van der Waals surface area contributed by atoms with Gasteiger partial charge in [-0.2, -0.15) is 0 Å². The van der Waals surface area contributed by atoms with E-state index >= 15 is 0 Å². The maximum Gasteiger partial charge on any atom is 0.247 e. The number of halogens is 1. The quantitative estimate of drug-likeness (QED) is 0.913. The average molecular weight is 358 g/mol. The Bertz CT molecular complexity index is 835. The minimum absolute atomic E-state index is 0.0360. The Morgan fingerprint density at radius 3 is 2.80 bits per heavy atom. The second kappa shape index (κ2) is 6.84. The minimum atomic E-state index is -0.574. The molecule has 2 amide bonds. The number of fused-ring (bicyclic) bond motifs is 1. The lowest BCUT2D eigenvalue weighted by Crippen LogP contribution is -2.54. The molecule has 0 spiro atoms. The van der Waals surface area contributed by atoms with Gasteiger partial charge in [-0.05, 0) is 48.2 Å². The summed E-state index contributed by atoms with van der Waals surface area (Å²) in [6, 6.07) is 6.44. The van der Waals surface area contributed by atoms with E-state index in [1.54, 1.807) is 35.5 Å². The second-order valence-corrected chi connectivity index (χ2v) is 7.02. The number of aromatic nitrogens is 1. The third-order valence-corrected chi connectivity index (χ3v) is 4.65. The molecule has 5 nitrogen and oxygen atoms in total. The van der Waals surface area contributed by atoms with Crippen molar-refractivity contribution in [1.82, 2.24) is 4.98 Å². The molecule has 0 fully saturated rings. The number of aryl methyl sites for hydroxylation is 1. The number of nitrogens with zero attached hydrogens (tertiary/aromatic N) is 2. The SMILES string of the molecule is Cc1ccncc1CC(=O)N1c2cc(Cl)ccc2NC(=O)C1C(C)C. The molecule has 0 bridgehead atoms. The number of rotatable bonds is 3. The van der Waals surface area contributed by atoms with Crippen molar-refractivity contribution in [3.63, 3.8) is 0 Å². The molecule has 0 saturated carbocycles. The van der Waals surface area contributed by atoms with Crippen molar-refractivity contribution < 1.29 is 9.59 Å². The monoisotopic (exact) mass is 357 g/mol. The van der Waals surface area contributed by atoms with E-state index < -0.39 is 6.04 Å². The van der Waals surface area contributed by atoms with Crippen molar-refractivity contribution in [3.8, 4) is 0 Å². The molecule has 0 radical (unpaired) electrons. The summed E-state index contributed by atoms with van der Waals surface area (Å²) < 4.78 is 0. The van der Waals surface area contributed by atoms with Crippen molar-refractivity contribution in [3.05, 3.63) is 52.8 Å². The fraction of sp³-hybridized carbons (Fsp3) is 0.316. The molecule has 1 N–H and O–H groups in total. The molecule has 25 heavy (non-hydrogen) atoms. The highest BCUT2D eigenvalue weighted by atomic mass is 35.5. The maximum atomic E-state index is 13.1. The van der Waals surface area contributed by atoms with Crippen LogP contribution in [0.1, 0.15) is 25.0 Å². The van der Waals surface area contributed by atoms with E-state index in [4.69, 9.17) is 11.6 Å². The zero-order valence-electron chi connectivity index (χ0n) is 14.4. The van der Waals surface area contributed by atoms with E-state index in [2.05, 4.69) is 10.3 Å². The first-order valence-electron chi connectivity index (χ1n) is 8.20. The molecule has 1 aliphatic rings. The molecule has 1 unspecified atom stereocenters. The predicted octanol–water partition coefficient (Wildman–Crippen LogP) is 3.60. The second-order valence-electron chi connectivity index (χ2n) is 6.58. The summed E-state index contributed by atoms with van der Waals surface area (Å²) in [4.78, 5) is 31.4. The molecule has 2 aromatic rings. The average Bonchev–Trinajstić information content (AvgIpc) is 2.55. The zero-order chi connectivity index (χ0) is 18.1. The highest BCUT2D eigenvalue weighted by molar-refractivity contribution is 6.31. The number of benzene rings is 1. The number of hydrogen-bond donors (Lipinski definition) is 1. The van der Waals surface area contributed by atoms with E-state index in [1.165, 1.54) is 0 Å². The van der Waals surface area contributed by atoms with Gasteiger partial charge in [-0.1, -0.05) is 25.4 Å². The molecule has 0 aliphatic carbocycles. The summed E-state index contributed by atoms with van der Waals surface area (Å²) in [5, 5.41) is 3.40. The lowest BCUT2D eigenvalue weighted by atomic mass is 9.96. The first-order valence-corrected chi connectivity index (χ1v) is 8.58. The van der Waals surface area contributed by atoms with E-state index in [9.17, 15) is 9.59 Å². The van der Waals surface area contributed by atoms with Crippen LogP contribution in [0.5, 0.6) is 0 Å². The van der Waals surface area contributed by atoms with Crippen molar-refractivity contribution in [2.45, 2.75) is 33.2 Å². The van der Waals surface area contributed by atoms with E-state index in [0.717, 1.165) is 11.1 Å². The molecule has 3 rings (SSSR count). The standard InChI is InChI=1S/C19H20ClN3O2/c1-11(2)18-19(25)22-15-5-4-14(20)9-16(15)23(18)17(24)8-13-10-21-7-6-12(13)3/h4-7,9-11,18H,8H2,1-3H3,(H,22,25). The Hall–Kier alpha value is -2.40. The molecule has 1 aromatic carbocycles.